The summed E-state index contributed by atoms with van der Waals surface area (Å²) in [5, 5.41) is 5.69. The summed E-state index contributed by atoms with van der Waals surface area (Å²) in [5.74, 6) is 0.730. The van der Waals surface area contributed by atoms with Gasteiger partial charge in [-0.05, 0) is 42.8 Å². The molecule has 2 N–H and O–H groups in total. The summed E-state index contributed by atoms with van der Waals surface area (Å²) >= 11 is 0. The second kappa shape index (κ2) is 10.2. The Morgan fingerprint density at radius 1 is 0.889 bits per heavy atom. The van der Waals surface area contributed by atoms with Crippen LogP contribution < -0.4 is 20.1 Å². The maximum absolute atomic E-state index is 12.5. The zero-order valence-corrected chi connectivity index (χ0v) is 16.0. The molecular weight excluding hydrogens is 344 g/mol. The molecule has 0 saturated carbocycles. The minimum Gasteiger partial charge on any atom is -0.497 e. The predicted molar refractivity (Wildman–Crippen MR) is 106 cm³/mol. The molecule has 2 aromatic rings. The Bertz CT molecular complexity index is 772. The van der Waals surface area contributed by atoms with E-state index in [2.05, 4.69) is 17.6 Å². The third-order valence-electron chi connectivity index (χ3n) is 4.13. The summed E-state index contributed by atoms with van der Waals surface area (Å²) in [6.45, 7) is 2.78. The summed E-state index contributed by atoms with van der Waals surface area (Å²) in [5.41, 5.74) is 1.53. The highest BCUT2D eigenvalue weighted by Crippen LogP contribution is 2.29. The van der Waals surface area contributed by atoms with Crippen molar-refractivity contribution in [2.75, 3.05) is 26.1 Å². The second-order valence-corrected chi connectivity index (χ2v) is 6.06. The monoisotopic (exact) mass is 370 g/mol. The van der Waals surface area contributed by atoms with Crippen molar-refractivity contribution < 1.29 is 19.1 Å². The van der Waals surface area contributed by atoms with Crippen LogP contribution in [0.2, 0.25) is 0 Å². The summed E-state index contributed by atoms with van der Waals surface area (Å²) in [7, 11) is 3.09. The first-order valence-corrected chi connectivity index (χ1v) is 9.00. The van der Waals surface area contributed by atoms with Gasteiger partial charge in [-0.25, -0.2) is 0 Å². The standard InChI is InChI=1S/C21H26N2O4/c1-4-5-6-13-22-20(24)15-7-9-16(10-8-15)21(25)23-18-12-11-17(26-2)14-19(18)27-3/h7-12,14H,4-6,13H2,1-3H3,(H,22,24)(H,23,25). The first kappa shape index (κ1) is 20.3. The minimum absolute atomic E-state index is 0.130. The van der Waals surface area contributed by atoms with Crippen molar-refractivity contribution in [2.45, 2.75) is 26.2 Å². The molecule has 6 heteroatoms. The average Bonchev–Trinajstić information content (AvgIpc) is 2.71. The second-order valence-electron chi connectivity index (χ2n) is 6.06. The van der Waals surface area contributed by atoms with Gasteiger partial charge in [0.1, 0.15) is 11.5 Å². The van der Waals surface area contributed by atoms with Crippen LogP contribution in [0, 0.1) is 0 Å². The van der Waals surface area contributed by atoms with Gasteiger partial charge in [-0.3, -0.25) is 9.59 Å². The van der Waals surface area contributed by atoms with Crippen molar-refractivity contribution in [3.8, 4) is 11.5 Å². The number of benzene rings is 2. The van der Waals surface area contributed by atoms with Crippen LogP contribution in [0.15, 0.2) is 42.5 Å². The van der Waals surface area contributed by atoms with Gasteiger partial charge in [0.15, 0.2) is 0 Å². The molecule has 0 aromatic heterocycles. The Morgan fingerprint density at radius 2 is 1.56 bits per heavy atom. The van der Waals surface area contributed by atoms with Crippen molar-refractivity contribution >= 4 is 17.5 Å². The third kappa shape index (κ3) is 5.74. The van der Waals surface area contributed by atoms with Crippen molar-refractivity contribution in [3.05, 3.63) is 53.6 Å². The molecular formula is C21H26N2O4. The molecule has 2 amide bonds. The van der Waals surface area contributed by atoms with Gasteiger partial charge in [-0.2, -0.15) is 0 Å². The van der Waals surface area contributed by atoms with E-state index >= 15 is 0 Å². The molecule has 0 atom stereocenters. The number of hydrogen-bond donors (Lipinski definition) is 2. The first-order valence-electron chi connectivity index (χ1n) is 9.00. The van der Waals surface area contributed by atoms with E-state index in [1.165, 1.54) is 7.11 Å². The molecule has 0 aliphatic heterocycles. The first-order chi connectivity index (χ1) is 13.1. The molecule has 0 aliphatic carbocycles. The van der Waals surface area contributed by atoms with Gasteiger partial charge in [-0.1, -0.05) is 19.8 Å². The average molecular weight is 370 g/mol. The summed E-state index contributed by atoms with van der Waals surface area (Å²) in [6.07, 6.45) is 3.17. The smallest absolute Gasteiger partial charge is 0.255 e. The topological polar surface area (TPSA) is 76.7 Å². The summed E-state index contributed by atoms with van der Waals surface area (Å²) in [4.78, 5) is 24.5. The molecule has 2 rings (SSSR count). The van der Waals surface area contributed by atoms with Crippen LogP contribution in [0.1, 0.15) is 46.9 Å². The molecule has 0 unspecified atom stereocenters. The Balaban J connectivity index is 2.00. The van der Waals surface area contributed by atoms with Gasteiger partial charge < -0.3 is 20.1 Å². The Morgan fingerprint density at radius 3 is 2.15 bits per heavy atom. The molecule has 0 bridgehead atoms. The van der Waals surface area contributed by atoms with Crippen molar-refractivity contribution in [1.29, 1.82) is 0 Å². The number of methoxy groups -OCH3 is 2. The van der Waals surface area contributed by atoms with Gasteiger partial charge in [0, 0.05) is 23.7 Å². The van der Waals surface area contributed by atoms with Crippen LogP contribution in [-0.2, 0) is 0 Å². The lowest BCUT2D eigenvalue weighted by Gasteiger charge is -2.12. The largest absolute Gasteiger partial charge is 0.497 e. The van der Waals surface area contributed by atoms with Crippen LogP contribution in [0.25, 0.3) is 0 Å². The van der Waals surface area contributed by atoms with Gasteiger partial charge in [0.05, 0.1) is 19.9 Å². The Labute approximate surface area is 159 Å². The lowest BCUT2D eigenvalue weighted by molar-refractivity contribution is 0.0951. The number of amides is 2. The number of nitrogens with one attached hydrogen (secondary N) is 2. The SMILES string of the molecule is CCCCCNC(=O)c1ccc(C(=O)Nc2ccc(OC)cc2OC)cc1. The molecule has 0 saturated heterocycles. The van der Waals surface area contributed by atoms with E-state index in [0.29, 0.717) is 34.9 Å². The highest BCUT2D eigenvalue weighted by molar-refractivity contribution is 6.05. The van der Waals surface area contributed by atoms with E-state index in [9.17, 15) is 9.59 Å². The molecule has 0 spiro atoms. The highest BCUT2D eigenvalue weighted by atomic mass is 16.5. The van der Waals surface area contributed by atoms with Gasteiger partial charge in [0.25, 0.3) is 11.8 Å². The lowest BCUT2D eigenvalue weighted by Crippen LogP contribution is -2.24. The molecule has 27 heavy (non-hydrogen) atoms. The number of carbonyl (C=O) groups excluding carboxylic acids is 2. The van der Waals surface area contributed by atoms with E-state index in [1.807, 2.05) is 0 Å². The van der Waals surface area contributed by atoms with Gasteiger partial charge in [-0.15, -0.1) is 0 Å². The van der Waals surface area contributed by atoms with Crippen LogP contribution in [0.4, 0.5) is 5.69 Å². The Kier molecular flexibility index (Phi) is 7.67. The zero-order valence-electron chi connectivity index (χ0n) is 16.0. The summed E-state index contributed by atoms with van der Waals surface area (Å²) < 4.78 is 10.4. The van der Waals surface area contributed by atoms with Crippen LogP contribution >= 0.6 is 0 Å². The van der Waals surface area contributed by atoms with Crippen molar-refractivity contribution in [3.63, 3.8) is 0 Å². The van der Waals surface area contributed by atoms with Crippen LogP contribution in [-0.4, -0.2) is 32.6 Å². The number of unbranched alkanes of at least 4 members (excludes halogenated alkanes) is 2. The maximum atomic E-state index is 12.5. The molecule has 0 heterocycles. The van der Waals surface area contributed by atoms with Crippen LogP contribution in [0.5, 0.6) is 11.5 Å². The van der Waals surface area contributed by atoms with Crippen molar-refractivity contribution in [2.24, 2.45) is 0 Å². The molecule has 0 radical (unpaired) electrons. The van der Waals surface area contributed by atoms with E-state index in [4.69, 9.17) is 9.47 Å². The molecule has 0 fully saturated rings. The molecule has 2 aromatic carbocycles. The van der Waals surface area contributed by atoms with E-state index in [-0.39, 0.29) is 11.8 Å². The maximum Gasteiger partial charge on any atom is 0.255 e. The molecule has 144 valence electrons. The zero-order chi connectivity index (χ0) is 19.6. The summed E-state index contributed by atoms with van der Waals surface area (Å²) in [6, 6.07) is 11.7. The fraction of sp³-hybridized carbons (Fsp3) is 0.333. The number of ether oxygens (including phenoxy) is 2. The highest BCUT2D eigenvalue weighted by Gasteiger charge is 2.12. The fourth-order valence-electron chi connectivity index (χ4n) is 2.55. The van der Waals surface area contributed by atoms with Gasteiger partial charge in [0.2, 0.25) is 0 Å². The van der Waals surface area contributed by atoms with E-state index in [0.717, 1.165) is 19.3 Å². The van der Waals surface area contributed by atoms with E-state index in [1.54, 1.807) is 49.6 Å². The van der Waals surface area contributed by atoms with Crippen LogP contribution in [0.3, 0.4) is 0 Å². The van der Waals surface area contributed by atoms with E-state index < -0.39 is 0 Å². The third-order valence-corrected chi connectivity index (χ3v) is 4.13. The predicted octanol–water partition coefficient (Wildman–Crippen LogP) is 3.88. The minimum atomic E-state index is -0.284. The lowest BCUT2D eigenvalue weighted by atomic mass is 10.1. The van der Waals surface area contributed by atoms with Gasteiger partial charge >= 0.3 is 0 Å². The molecule has 0 aliphatic rings. The number of carbonyl (C=O) groups is 2. The fourth-order valence-corrected chi connectivity index (χ4v) is 2.55. The quantitative estimate of drug-likeness (QED) is 0.657. The molecule has 6 nitrogen and oxygen atoms in total. The normalized spacial score (nSPS) is 10.2. The Hall–Kier alpha value is -3.02. The number of anilines is 1. The number of hydrogen-bond acceptors (Lipinski definition) is 4. The van der Waals surface area contributed by atoms with Crippen molar-refractivity contribution in [1.82, 2.24) is 5.32 Å². The number of rotatable bonds is 9.